The van der Waals surface area contributed by atoms with E-state index < -0.39 is 6.04 Å². The van der Waals surface area contributed by atoms with Crippen molar-refractivity contribution in [2.45, 2.75) is 12.5 Å². The van der Waals surface area contributed by atoms with Gasteiger partial charge in [-0.3, -0.25) is 9.59 Å². The van der Waals surface area contributed by atoms with Crippen molar-refractivity contribution >= 4 is 34.5 Å². The van der Waals surface area contributed by atoms with Crippen LogP contribution in [-0.2, 0) is 16.0 Å². The summed E-state index contributed by atoms with van der Waals surface area (Å²) in [7, 11) is 0. The Morgan fingerprint density at radius 3 is 2.50 bits per heavy atom. The minimum Gasteiger partial charge on any atom is -0.508 e. The number of thiophene rings is 1. The van der Waals surface area contributed by atoms with E-state index in [1.54, 1.807) is 36.4 Å². The molecule has 0 radical (unpaired) electrons. The second-order valence-electron chi connectivity index (χ2n) is 7.48. The first kappa shape index (κ1) is 21.9. The summed E-state index contributed by atoms with van der Waals surface area (Å²) < 4.78 is 5.44. The number of ether oxygens (including phenoxy) is 1. The maximum absolute atomic E-state index is 13.3. The van der Waals surface area contributed by atoms with Gasteiger partial charge in [0.25, 0.3) is 5.91 Å². The Bertz CT molecular complexity index is 1050. The minimum absolute atomic E-state index is 0.150. The molecule has 3 aromatic rings. The predicted molar refractivity (Wildman–Crippen MR) is 125 cm³/mol. The zero-order chi connectivity index (χ0) is 22.3. The van der Waals surface area contributed by atoms with Crippen LogP contribution in [0, 0.1) is 0 Å². The molecule has 0 bridgehead atoms. The lowest BCUT2D eigenvalue weighted by Crippen LogP contribution is -2.45. The van der Waals surface area contributed by atoms with Gasteiger partial charge in [0, 0.05) is 19.5 Å². The highest BCUT2D eigenvalue weighted by atomic mass is 32.1. The Balaban J connectivity index is 1.54. The number of rotatable bonds is 7. The highest BCUT2D eigenvalue weighted by Crippen LogP contribution is 2.26. The lowest BCUT2D eigenvalue weighted by atomic mass is 10.0. The number of benzene rings is 2. The van der Waals surface area contributed by atoms with Crippen molar-refractivity contribution in [1.29, 1.82) is 0 Å². The monoisotopic (exact) mass is 451 g/mol. The van der Waals surface area contributed by atoms with E-state index in [1.165, 1.54) is 11.3 Å². The normalized spacial score (nSPS) is 14.6. The Labute approximate surface area is 190 Å². The summed E-state index contributed by atoms with van der Waals surface area (Å²) in [6, 6.07) is 17.0. The van der Waals surface area contributed by atoms with Gasteiger partial charge in [0.1, 0.15) is 11.8 Å². The summed E-state index contributed by atoms with van der Waals surface area (Å²) in [6.07, 6.45) is 0.295. The molecule has 2 heterocycles. The summed E-state index contributed by atoms with van der Waals surface area (Å²) in [5, 5.41) is 17.3. The summed E-state index contributed by atoms with van der Waals surface area (Å²) in [5.74, 6) is -0.444. The molecule has 0 aliphatic carbocycles. The van der Waals surface area contributed by atoms with E-state index in [2.05, 4.69) is 15.5 Å². The second-order valence-corrected chi connectivity index (χ2v) is 8.43. The van der Waals surface area contributed by atoms with Crippen LogP contribution in [0.1, 0.15) is 15.2 Å². The van der Waals surface area contributed by atoms with Gasteiger partial charge in [0.2, 0.25) is 5.91 Å². The number of phenols is 1. The van der Waals surface area contributed by atoms with Crippen LogP contribution in [0.5, 0.6) is 5.75 Å². The molecule has 3 N–H and O–H groups in total. The van der Waals surface area contributed by atoms with Crippen molar-refractivity contribution in [3.05, 3.63) is 76.5 Å². The number of phenolic OH excluding ortho intramolecular Hbond substituents is 1. The van der Waals surface area contributed by atoms with Gasteiger partial charge >= 0.3 is 0 Å². The van der Waals surface area contributed by atoms with Gasteiger partial charge in [0.15, 0.2) is 0 Å². The third kappa shape index (κ3) is 5.46. The zero-order valence-corrected chi connectivity index (χ0v) is 18.3. The lowest BCUT2D eigenvalue weighted by molar-refractivity contribution is -0.118. The summed E-state index contributed by atoms with van der Waals surface area (Å²) in [5.41, 5.74) is 2.45. The van der Waals surface area contributed by atoms with Crippen molar-refractivity contribution < 1.29 is 19.4 Å². The van der Waals surface area contributed by atoms with Crippen molar-refractivity contribution in [3.8, 4) is 5.75 Å². The molecule has 1 fully saturated rings. The fourth-order valence-electron chi connectivity index (χ4n) is 3.59. The number of carbonyl (C=O) groups is 2. The first-order chi connectivity index (χ1) is 15.6. The molecule has 1 atom stereocenters. The van der Waals surface area contributed by atoms with E-state index in [-0.39, 0.29) is 17.6 Å². The molecule has 1 saturated heterocycles. The first-order valence-corrected chi connectivity index (χ1v) is 11.3. The Hall–Kier alpha value is -3.36. The highest BCUT2D eigenvalue weighted by Gasteiger charge is 2.24. The van der Waals surface area contributed by atoms with Crippen LogP contribution >= 0.6 is 11.3 Å². The van der Waals surface area contributed by atoms with E-state index in [1.807, 2.05) is 29.6 Å². The standard InChI is InChI=1S/C24H25N3O4S/c28-18-9-7-17(8-10-18)16-20(26-24(30)22-6-3-15-32-22)23(29)25-19-4-1-2-5-21(19)27-11-13-31-14-12-27/h1-10,15,20,28H,11-14,16H2,(H,25,29)(H,26,30). The van der Waals surface area contributed by atoms with Crippen molar-refractivity contribution in [3.63, 3.8) is 0 Å². The number of nitrogens with zero attached hydrogens (tertiary/aromatic N) is 1. The number of nitrogens with one attached hydrogen (secondary N) is 2. The average Bonchev–Trinajstić information content (AvgIpc) is 3.36. The molecule has 7 nitrogen and oxygen atoms in total. The number of para-hydroxylation sites is 2. The smallest absolute Gasteiger partial charge is 0.262 e. The molecule has 166 valence electrons. The molecular weight excluding hydrogens is 426 g/mol. The Morgan fingerprint density at radius 1 is 1.03 bits per heavy atom. The molecular formula is C24H25N3O4S. The third-order valence-corrected chi connectivity index (χ3v) is 6.13. The van der Waals surface area contributed by atoms with E-state index in [4.69, 9.17) is 4.74 Å². The van der Waals surface area contributed by atoms with Crippen molar-refractivity contribution in [2.75, 3.05) is 36.5 Å². The Morgan fingerprint density at radius 2 is 1.78 bits per heavy atom. The van der Waals surface area contributed by atoms with Gasteiger partial charge in [-0.15, -0.1) is 11.3 Å². The number of carbonyl (C=O) groups excluding carboxylic acids is 2. The minimum atomic E-state index is -0.785. The van der Waals surface area contributed by atoms with Crippen LogP contribution in [0.15, 0.2) is 66.0 Å². The number of hydrogen-bond acceptors (Lipinski definition) is 6. The number of amides is 2. The van der Waals surface area contributed by atoms with Crippen LogP contribution in [0.3, 0.4) is 0 Å². The molecule has 0 saturated carbocycles. The lowest BCUT2D eigenvalue weighted by Gasteiger charge is -2.31. The molecule has 0 spiro atoms. The third-order valence-electron chi connectivity index (χ3n) is 5.26. The number of anilines is 2. The zero-order valence-electron chi connectivity index (χ0n) is 17.5. The molecule has 2 amide bonds. The van der Waals surface area contributed by atoms with Gasteiger partial charge in [0.05, 0.1) is 29.5 Å². The van der Waals surface area contributed by atoms with Crippen LogP contribution < -0.4 is 15.5 Å². The van der Waals surface area contributed by atoms with Gasteiger partial charge in [-0.25, -0.2) is 0 Å². The summed E-state index contributed by atoms with van der Waals surface area (Å²) in [4.78, 5) is 28.7. The second kappa shape index (κ2) is 10.3. The van der Waals surface area contributed by atoms with Gasteiger partial charge in [-0.1, -0.05) is 30.3 Å². The largest absolute Gasteiger partial charge is 0.508 e. The molecule has 1 aromatic heterocycles. The SMILES string of the molecule is O=C(NC(Cc1ccc(O)cc1)C(=O)Nc1ccccc1N1CCOCC1)c1cccs1. The van der Waals surface area contributed by atoms with E-state index in [9.17, 15) is 14.7 Å². The van der Waals surface area contributed by atoms with E-state index >= 15 is 0 Å². The molecule has 1 aliphatic heterocycles. The van der Waals surface area contributed by atoms with Crippen LogP contribution in [0.25, 0.3) is 0 Å². The highest BCUT2D eigenvalue weighted by molar-refractivity contribution is 7.12. The van der Waals surface area contributed by atoms with Crippen LogP contribution in [0.2, 0.25) is 0 Å². The molecule has 32 heavy (non-hydrogen) atoms. The maximum Gasteiger partial charge on any atom is 0.262 e. The van der Waals surface area contributed by atoms with E-state index in [0.717, 1.165) is 24.3 Å². The van der Waals surface area contributed by atoms with Crippen LogP contribution in [-0.4, -0.2) is 49.3 Å². The number of hydrogen-bond donors (Lipinski definition) is 3. The molecule has 4 rings (SSSR count). The summed E-state index contributed by atoms with van der Waals surface area (Å²) in [6.45, 7) is 2.78. The average molecular weight is 452 g/mol. The topological polar surface area (TPSA) is 90.9 Å². The van der Waals surface area contributed by atoms with Crippen molar-refractivity contribution in [2.24, 2.45) is 0 Å². The molecule has 1 unspecified atom stereocenters. The quantitative estimate of drug-likeness (QED) is 0.513. The fourth-order valence-corrected chi connectivity index (χ4v) is 4.22. The molecule has 8 heteroatoms. The Kier molecular flexibility index (Phi) is 7.03. The predicted octanol–water partition coefficient (Wildman–Crippen LogP) is 3.27. The van der Waals surface area contributed by atoms with E-state index in [0.29, 0.717) is 30.2 Å². The maximum atomic E-state index is 13.3. The summed E-state index contributed by atoms with van der Waals surface area (Å²) >= 11 is 1.32. The number of aromatic hydroxyl groups is 1. The molecule has 2 aromatic carbocycles. The molecule has 1 aliphatic rings. The van der Waals surface area contributed by atoms with Gasteiger partial charge < -0.3 is 25.4 Å². The first-order valence-electron chi connectivity index (χ1n) is 10.4. The van der Waals surface area contributed by atoms with Gasteiger partial charge in [-0.05, 0) is 41.3 Å². The fraction of sp³-hybridized carbons (Fsp3) is 0.250. The van der Waals surface area contributed by atoms with Crippen molar-refractivity contribution in [1.82, 2.24) is 5.32 Å². The van der Waals surface area contributed by atoms with Crippen LogP contribution in [0.4, 0.5) is 11.4 Å². The van der Waals surface area contributed by atoms with Gasteiger partial charge in [-0.2, -0.15) is 0 Å². The number of morpholine rings is 1.